The van der Waals surface area contributed by atoms with E-state index in [4.69, 9.17) is 23.2 Å². The van der Waals surface area contributed by atoms with E-state index < -0.39 is 0 Å². The number of rotatable bonds is 0. The number of anilines is 2. The van der Waals surface area contributed by atoms with Crippen LogP contribution in [-0.2, 0) is 13.1 Å². The van der Waals surface area contributed by atoms with Crippen molar-refractivity contribution in [1.82, 2.24) is 0 Å². The first-order valence-corrected chi connectivity index (χ1v) is 29.5. The third-order valence-electron chi connectivity index (χ3n) is 14.2. The molecule has 5 aliphatic rings. The second kappa shape index (κ2) is 22.5. The maximum Gasteiger partial charge on any atom is 0.262 e. The first-order valence-electron chi connectivity index (χ1n) is 25.4. The van der Waals surface area contributed by atoms with Crippen LogP contribution in [0.2, 0.25) is 0 Å². The zero-order valence-electron chi connectivity index (χ0n) is 39.8. The van der Waals surface area contributed by atoms with Crippen LogP contribution in [0.25, 0.3) is 32.6 Å². The summed E-state index contributed by atoms with van der Waals surface area (Å²) in [6.45, 7) is 4.01. The molecule has 3 aliphatic heterocycles. The molecule has 2 aromatic heterocycles. The molecule has 11 rings (SSSR count). The number of aryl methyl sites for hydroxylation is 2. The Balaban J connectivity index is 0.884. The first kappa shape index (κ1) is 47.8. The van der Waals surface area contributed by atoms with Gasteiger partial charge in [0, 0.05) is 70.1 Å². The number of para-hydroxylation sites is 4. The summed E-state index contributed by atoms with van der Waals surface area (Å²) < 4.78 is 7.74. The number of thiazole rings is 2. The fourth-order valence-corrected chi connectivity index (χ4v) is 15.5. The Morgan fingerprint density at radius 1 is 0.414 bits per heavy atom. The van der Waals surface area contributed by atoms with Gasteiger partial charge in [0.2, 0.25) is 11.0 Å². The first-order chi connectivity index (χ1) is 34.6. The van der Waals surface area contributed by atoms with Gasteiger partial charge in [-0.25, -0.2) is 0 Å². The lowest BCUT2D eigenvalue weighted by atomic mass is 9.94. The minimum atomic E-state index is 0.920. The van der Waals surface area contributed by atoms with Gasteiger partial charge >= 0.3 is 0 Å². The number of hydrogen-bond donors (Lipinski definition) is 0. The summed E-state index contributed by atoms with van der Waals surface area (Å²) in [7, 11) is 0. The summed E-state index contributed by atoms with van der Waals surface area (Å²) in [6, 6.07) is 35.5. The van der Waals surface area contributed by atoms with E-state index in [0.29, 0.717) is 0 Å². The predicted molar refractivity (Wildman–Crippen MR) is 304 cm³/mol. The molecule has 4 nitrogen and oxygen atoms in total. The highest BCUT2D eigenvalue weighted by Crippen LogP contribution is 2.48. The number of allylic oxidation sites excluding steroid dienone is 12. The van der Waals surface area contributed by atoms with Crippen molar-refractivity contribution in [2.24, 2.45) is 0 Å². The Bertz CT molecular complexity index is 2970. The van der Waals surface area contributed by atoms with Crippen LogP contribution in [-0.4, -0.2) is 13.1 Å². The van der Waals surface area contributed by atoms with Crippen molar-refractivity contribution in [2.75, 3.05) is 22.9 Å². The lowest BCUT2D eigenvalue weighted by Gasteiger charge is -2.22. The summed E-state index contributed by atoms with van der Waals surface area (Å²) in [5.74, 6) is 0. The molecule has 70 heavy (non-hydrogen) atoms. The highest BCUT2D eigenvalue weighted by molar-refractivity contribution is 8.04. The van der Waals surface area contributed by atoms with Crippen molar-refractivity contribution >= 4 is 113 Å². The monoisotopic (exact) mass is 1030 g/mol. The van der Waals surface area contributed by atoms with Crippen molar-refractivity contribution in [3.05, 3.63) is 186 Å². The van der Waals surface area contributed by atoms with Gasteiger partial charge in [-0.1, -0.05) is 155 Å². The maximum absolute atomic E-state index is 7.33. The van der Waals surface area contributed by atoms with Crippen molar-refractivity contribution < 1.29 is 9.13 Å². The molecular formula is C60H60Cl2N4S4+2. The van der Waals surface area contributed by atoms with Crippen LogP contribution in [0.5, 0.6) is 0 Å². The van der Waals surface area contributed by atoms with Gasteiger partial charge in [0.15, 0.2) is 13.1 Å². The van der Waals surface area contributed by atoms with Crippen molar-refractivity contribution in [2.45, 2.75) is 113 Å². The molecule has 0 radical (unpaired) electrons. The van der Waals surface area contributed by atoms with Crippen LogP contribution in [0.4, 0.5) is 11.4 Å². The van der Waals surface area contributed by atoms with E-state index in [1.807, 2.05) is 46.2 Å². The molecule has 0 spiro atoms. The molecule has 2 aliphatic carbocycles. The molecule has 0 unspecified atom stereocenters. The molecular weight excluding hydrogens is 976 g/mol. The molecule has 4 bridgehead atoms. The van der Waals surface area contributed by atoms with Gasteiger partial charge in [-0.2, -0.15) is 9.13 Å². The summed E-state index contributed by atoms with van der Waals surface area (Å²) in [6.07, 6.45) is 34.1. The number of thioether (sulfide) groups is 2. The predicted octanol–water partition coefficient (Wildman–Crippen LogP) is 17.7. The molecule has 5 heterocycles. The molecule has 356 valence electrons. The lowest BCUT2D eigenvalue weighted by molar-refractivity contribution is -0.670. The molecule has 0 amide bonds. The third-order valence-corrected chi connectivity index (χ3v) is 19.7. The van der Waals surface area contributed by atoms with E-state index in [1.54, 1.807) is 0 Å². The molecule has 0 atom stereocenters. The van der Waals surface area contributed by atoms with Crippen LogP contribution < -0.4 is 18.9 Å². The fourth-order valence-electron chi connectivity index (χ4n) is 10.5. The van der Waals surface area contributed by atoms with Crippen LogP contribution in [0.1, 0.15) is 99.9 Å². The van der Waals surface area contributed by atoms with Gasteiger partial charge in [-0.05, 0) is 135 Å². The highest BCUT2D eigenvalue weighted by atomic mass is 35.5. The molecule has 0 saturated heterocycles. The number of benzene rings is 4. The van der Waals surface area contributed by atoms with E-state index in [-0.39, 0.29) is 0 Å². The largest absolute Gasteiger partial charge is 0.335 e. The minimum absolute atomic E-state index is 0.920. The third kappa shape index (κ3) is 10.5. The van der Waals surface area contributed by atoms with Crippen molar-refractivity contribution in [1.29, 1.82) is 0 Å². The van der Waals surface area contributed by atoms with Crippen LogP contribution in [0.3, 0.4) is 0 Å². The van der Waals surface area contributed by atoms with Crippen molar-refractivity contribution in [3.8, 4) is 0 Å². The van der Waals surface area contributed by atoms with Crippen LogP contribution >= 0.6 is 69.4 Å². The standard InChI is InChI=1S/C60H60Cl2N4S4/c61-59-43-19-17-21-45(59)33-37-57-65(49-25-7-11-29-53(49)69-57)41-15-3-4-16-42-66-50-26-8-12-30-54(50)70-58(66)38-34-46-22-18-20-44(60(46)62)32-36-56-64(48-24-6-10-28-52(48)68-56)40-14-2-1-13-39-63-47-23-5-9-27-51(47)67-55(63)35-31-43/h5-12,23-38H,1-4,13-22,39-42H2/q+2. The summed E-state index contributed by atoms with van der Waals surface area (Å²) in [4.78, 5) is 7.74. The number of aromatic nitrogens is 2. The Morgan fingerprint density at radius 3 is 1.33 bits per heavy atom. The highest BCUT2D eigenvalue weighted by Gasteiger charge is 2.27. The van der Waals surface area contributed by atoms with Gasteiger partial charge in [-0.3, -0.25) is 0 Å². The fraction of sp³-hybridized carbons (Fsp3) is 0.300. The molecule has 10 heteroatoms. The summed E-state index contributed by atoms with van der Waals surface area (Å²) >= 11 is 22.2. The van der Waals surface area contributed by atoms with Crippen LogP contribution in [0, 0.1) is 0 Å². The zero-order chi connectivity index (χ0) is 47.2. The number of fused-ring (bicyclic) bond motifs is 14. The Kier molecular flexibility index (Phi) is 15.3. The van der Waals surface area contributed by atoms with Gasteiger partial charge in [0.05, 0.1) is 21.4 Å². The van der Waals surface area contributed by atoms with E-state index in [2.05, 4.69) is 165 Å². The maximum atomic E-state index is 7.33. The van der Waals surface area contributed by atoms with E-state index in [0.717, 1.165) is 100 Å². The van der Waals surface area contributed by atoms with Crippen LogP contribution in [0.15, 0.2) is 186 Å². The Hall–Kier alpha value is -4.54. The Morgan fingerprint density at radius 2 is 0.843 bits per heavy atom. The molecule has 4 aromatic carbocycles. The van der Waals surface area contributed by atoms with E-state index in [1.165, 1.54) is 110 Å². The average molecular weight is 1040 g/mol. The second-order valence-electron chi connectivity index (χ2n) is 18.8. The lowest BCUT2D eigenvalue weighted by Crippen LogP contribution is -2.35. The topological polar surface area (TPSA) is 14.2 Å². The quantitative estimate of drug-likeness (QED) is 0.141. The SMILES string of the molecule is ClC1=C2C=Cc3sc4ccccc4[n+]3CCCCCC[n+]3c(sc4ccccc43)C=CC3=C(Cl)C(=CC=C4Sc5ccccc5N4CCCCCCN4C(=CC=C1CCC2)Sc1ccccc14)CCC3. The molecule has 0 fully saturated rings. The van der Waals surface area contributed by atoms with Gasteiger partial charge in [0.1, 0.15) is 9.40 Å². The van der Waals surface area contributed by atoms with Gasteiger partial charge < -0.3 is 9.80 Å². The molecule has 6 aromatic rings. The molecule has 0 saturated carbocycles. The normalized spacial score (nSPS) is 19.1. The van der Waals surface area contributed by atoms with Crippen molar-refractivity contribution in [3.63, 3.8) is 0 Å². The number of halogens is 2. The molecule has 0 N–H and O–H groups in total. The van der Waals surface area contributed by atoms with Gasteiger partial charge in [-0.15, -0.1) is 0 Å². The summed E-state index contributed by atoms with van der Waals surface area (Å²) in [5, 5.41) is 7.00. The number of nitrogens with zero attached hydrogens (tertiary/aromatic N) is 4. The van der Waals surface area contributed by atoms with Gasteiger partial charge in [0.25, 0.3) is 10.0 Å². The smallest absolute Gasteiger partial charge is 0.262 e. The van der Waals surface area contributed by atoms with E-state index in [9.17, 15) is 0 Å². The summed E-state index contributed by atoms with van der Waals surface area (Å²) in [5.41, 5.74) is 10.2. The average Bonchev–Trinajstić information content (AvgIpc) is 4.14. The number of hydrogen-bond acceptors (Lipinski definition) is 6. The minimum Gasteiger partial charge on any atom is -0.335 e. The Labute approximate surface area is 440 Å². The van der Waals surface area contributed by atoms with E-state index >= 15 is 0 Å². The second-order valence-corrected chi connectivity index (χ2v) is 23.8. The zero-order valence-corrected chi connectivity index (χ0v) is 44.5.